The van der Waals surface area contributed by atoms with Gasteiger partial charge in [-0.2, -0.15) is 0 Å². The Morgan fingerprint density at radius 3 is 2.62 bits per heavy atom. The minimum Gasteiger partial charge on any atom is -0.497 e. The molecule has 5 rings (SSSR count). The molecule has 206 valence electrons. The van der Waals surface area contributed by atoms with Crippen LogP contribution in [0, 0.1) is 13.8 Å². The number of tetrazole rings is 1. The summed E-state index contributed by atoms with van der Waals surface area (Å²) in [5, 5.41) is 14.0. The number of rotatable bonds is 8. The summed E-state index contributed by atoms with van der Waals surface area (Å²) in [6.07, 6.45) is 2.07. The van der Waals surface area contributed by atoms with Crippen LogP contribution in [0.5, 0.6) is 5.75 Å². The molecule has 9 nitrogen and oxygen atoms in total. The lowest BCUT2D eigenvalue weighted by Crippen LogP contribution is -2.40. The molecule has 9 heteroatoms. The number of ether oxygens (including phenoxy) is 2. The molecule has 0 unspecified atom stereocenters. The number of H-pyrrole nitrogens is 1. The number of nitrogens with one attached hydrogen (secondary N) is 1. The third-order valence-electron chi connectivity index (χ3n) is 7.36. The molecule has 4 aromatic rings. The highest BCUT2D eigenvalue weighted by atomic mass is 16.5. The average molecular weight is 531 g/mol. The molecule has 3 heterocycles. The van der Waals surface area contributed by atoms with Gasteiger partial charge in [-0.1, -0.05) is 23.8 Å². The molecule has 0 radical (unpaired) electrons. The van der Waals surface area contributed by atoms with Gasteiger partial charge < -0.3 is 14.5 Å². The second-order valence-corrected chi connectivity index (χ2v) is 11.5. The van der Waals surface area contributed by atoms with E-state index < -0.39 is 6.04 Å². The van der Waals surface area contributed by atoms with E-state index in [9.17, 15) is 4.79 Å². The van der Waals surface area contributed by atoms with E-state index in [1.807, 2.05) is 29.8 Å². The van der Waals surface area contributed by atoms with Gasteiger partial charge in [-0.05, 0) is 98.7 Å². The Labute approximate surface area is 229 Å². The van der Waals surface area contributed by atoms with Gasteiger partial charge in [0.05, 0.1) is 24.3 Å². The fourth-order valence-corrected chi connectivity index (χ4v) is 5.52. The van der Waals surface area contributed by atoms with E-state index in [1.54, 1.807) is 7.11 Å². The molecule has 1 saturated heterocycles. The topological polar surface area (TPSA) is 98.2 Å². The molecule has 2 atom stereocenters. The van der Waals surface area contributed by atoms with E-state index in [-0.39, 0.29) is 17.2 Å². The number of hydrogen-bond donors (Lipinski definition) is 1. The monoisotopic (exact) mass is 530 g/mol. The van der Waals surface area contributed by atoms with E-state index in [2.05, 4.69) is 77.4 Å². The minimum absolute atomic E-state index is 0.0637. The lowest BCUT2D eigenvalue weighted by Gasteiger charge is -2.34. The second-order valence-electron chi connectivity index (χ2n) is 11.5. The van der Waals surface area contributed by atoms with Gasteiger partial charge in [0, 0.05) is 25.3 Å². The fraction of sp³-hybridized carbons (Fsp3) is 0.467. The lowest BCUT2D eigenvalue weighted by molar-refractivity contribution is 0.0564. The molecule has 1 fully saturated rings. The van der Waals surface area contributed by atoms with Gasteiger partial charge in [-0.3, -0.25) is 9.69 Å². The number of aromatic amines is 1. The van der Waals surface area contributed by atoms with Crippen LogP contribution in [0.2, 0.25) is 0 Å². The van der Waals surface area contributed by atoms with Crippen molar-refractivity contribution < 1.29 is 9.47 Å². The quantitative estimate of drug-likeness (QED) is 0.354. The van der Waals surface area contributed by atoms with Gasteiger partial charge in [0.1, 0.15) is 11.8 Å². The number of aryl methyl sites for hydroxylation is 2. The third kappa shape index (κ3) is 5.74. The zero-order chi connectivity index (χ0) is 27.7. The van der Waals surface area contributed by atoms with Crippen LogP contribution in [0.4, 0.5) is 0 Å². The van der Waals surface area contributed by atoms with Crippen molar-refractivity contribution in [2.24, 2.45) is 0 Å². The molecule has 0 saturated carbocycles. The Bertz CT molecular complexity index is 1500. The first-order chi connectivity index (χ1) is 18.6. The number of aromatic nitrogens is 5. The third-order valence-corrected chi connectivity index (χ3v) is 7.36. The molecule has 0 bridgehead atoms. The predicted octanol–water partition coefficient (Wildman–Crippen LogP) is 4.67. The van der Waals surface area contributed by atoms with Gasteiger partial charge in [-0.25, -0.2) is 4.68 Å². The van der Waals surface area contributed by atoms with Crippen LogP contribution in [0.15, 0.2) is 47.3 Å². The summed E-state index contributed by atoms with van der Waals surface area (Å²) in [4.78, 5) is 19.3. The molecule has 0 spiro atoms. The number of fused-ring (bicyclic) bond motifs is 1. The first kappa shape index (κ1) is 27.0. The minimum atomic E-state index is -0.500. The Morgan fingerprint density at radius 2 is 1.95 bits per heavy atom. The Morgan fingerprint density at radius 1 is 1.18 bits per heavy atom. The number of benzene rings is 2. The van der Waals surface area contributed by atoms with Crippen LogP contribution in [0.25, 0.3) is 10.9 Å². The molecular weight excluding hydrogens is 492 g/mol. The van der Waals surface area contributed by atoms with Crippen LogP contribution in [-0.2, 0) is 16.8 Å². The summed E-state index contributed by atoms with van der Waals surface area (Å²) in [6.45, 7) is 12.3. The maximum absolute atomic E-state index is 13.8. The van der Waals surface area contributed by atoms with Crippen molar-refractivity contribution in [2.45, 2.75) is 71.7 Å². The molecule has 2 aromatic carbocycles. The van der Waals surface area contributed by atoms with Crippen LogP contribution in [-0.4, -0.2) is 56.5 Å². The van der Waals surface area contributed by atoms with E-state index in [0.29, 0.717) is 24.5 Å². The maximum Gasteiger partial charge on any atom is 0.253 e. The summed E-state index contributed by atoms with van der Waals surface area (Å²) in [5.74, 6) is 1.43. The zero-order valence-electron chi connectivity index (χ0n) is 23.7. The molecule has 1 N–H and O–H groups in total. The predicted molar refractivity (Wildman–Crippen MR) is 151 cm³/mol. The molecule has 1 aliphatic heterocycles. The van der Waals surface area contributed by atoms with Crippen LogP contribution >= 0.6 is 0 Å². The van der Waals surface area contributed by atoms with Crippen molar-refractivity contribution in [3.05, 3.63) is 80.9 Å². The van der Waals surface area contributed by atoms with E-state index >= 15 is 0 Å². The first-order valence-electron chi connectivity index (χ1n) is 13.6. The highest BCUT2D eigenvalue weighted by Crippen LogP contribution is 2.32. The highest BCUT2D eigenvalue weighted by Gasteiger charge is 2.35. The Balaban J connectivity index is 1.70. The summed E-state index contributed by atoms with van der Waals surface area (Å²) >= 11 is 0. The van der Waals surface area contributed by atoms with Gasteiger partial charge >= 0.3 is 0 Å². The summed E-state index contributed by atoms with van der Waals surface area (Å²) in [5.41, 5.74) is 4.21. The van der Waals surface area contributed by atoms with Crippen molar-refractivity contribution in [1.29, 1.82) is 0 Å². The highest BCUT2D eigenvalue weighted by molar-refractivity contribution is 5.83. The van der Waals surface area contributed by atoms with Gasteiger partial charge in [0.25, 0.3) is 5.56 Å². The number of nitrogens with zero attached hydrogens (tertiary/aromatic N) is 5. The van der Waals surface area contributed by atoms with Crippen molar-refractivity contribution in [2.75, 3.05) is 20.3 Å². The SMILES string of the molecule is COc1ccc(CN(C[C@H]2CCCO2)[C@H](c2cc3cc(C)cc(C)c3[nH]c2=O)c2nnnn2C(C)(C)C)cc1. The zero-order valence-corrected chi connectivity index (χ0v) is 23.7. The second kappa shape index (κ2) is 10.9. The maximum atomic E-state index is 13.8. The Kier molecular flexibility index (Phi) is 7.55. The average Bonchev–Trinajstić information content (AvgIpc) is 3.58. The summed E-state index contributed by atoms with van der Waals surface area (Å²) < 4.78 is 13.3. The molecule has 2 aromatic heterocycles. The van der Waals surface area contributed by atoms with Crippen LogP contribution < -0.4 is 10.3 Å². The first-order valence-corrected chi connectivity index (χ1v) is 13.6. The van der Waals surface area contributed by atoms with Gasteiger partial charge in [-0.15, -0.1) is 5.10 Å². The largest absolute Gasteiger partial charge is 0.497 e. The summed E-state index contributed by atoms with van der Waals surface area (Å²) in [6, 6.07) is 13.7. The van der Waals surface area contributed by atoms with Gasteiger partial charge in [0.15, 0.2) is 5.82 Å². The van der Waals surface area contributed by atoms with Gasteiger partial charge in [0.2, 0.25) is 0 Å². The molecule has 1 aliphatic rings. The summed E-state index contributed by atoms with van der Waals surface area (Å²) in [7, 11) is 1.66. The lowest BCUT2D eigenvalue weighted by atomic mass is 9.98. The fourth-order valence-electron chi connectivity index (χ4n) is 5.52. The number of methoxy groups -OCH3 is 1. The smallest absolute Gasteiger partial charge is 0.253 e. The van der Waals surface area contributed by atoms with Crippen LogP contribution in [0.3, 0.4) is 0 Å². The molecule has 0 amide bonds. The molecule has 39 heavy (non-hydrogen) atoms. The number of hydrogen-bond acceptors (Lipinski definition) is 7. The van der Waals surface area contributed by atoms with Crippen LogP contribution in [0.1, 0.15) is 67.7 Å². The number of pyridine rings is 1. The van der Waals surface area contributed by atoms with E-state index in [0.717, 1.165) is 52.8 Å². The standard InChI is InChI=1S/C30H38N6O3/c1-19-14-20(2)26-22(15-19)16-25(29(37)31-26)27(28-32-33-34-36(28)30(3,4)5)35(18-24-8-7-13-39-24)17-21-9-11-23(38-6)12-10-21/h9-12,14-16,24,27H,7-8,13,17-18H2,1-6H3,(H,31,37)/t24-,27-/m1/s1. The molecule has 0 aliphatic carbocycles. The normalized spacial score (nSPS) is 16.7. The van der Waals surface area contributed by atoms with E-state index in [4.69, 9.17) is 9.47 Å². The molecular formula is C30H38N6O3. The van der Waals surface area contributed by atoms with E-state index in [1.165, 1.54) is 0 Å². The van der Waals surface area contributed by atoms with Crippen molar-refractivity contribution >= 4 is 10.9 Å². The van der Waals surface area contributed by atoms with Crippen molar-refractivity contribution in [1.82, 2.24) is 30.1 Å². The van der Waals surface area contributed by atoms with Crippen molar-refractivity contribution in [3.8, 4) is 5.75 Å². The Hall–Kier alpha value is -3.56. The van der Waals surface area contributed by atoms with Crippen molar-refractivity contribution in [3.63, 3.8) is 0 Å².